The van der Waals surface area contributed by atoms with Gasteiger partial charge in [0, 0.05) is 31.1 Å². The molecule has 0 aromatic heterocycles. The molecule has 0 saturated carbocycles. The van der Waals surface area contributed by atoms with E-state index in [0.717, 1.165) is 5.75 Å². The third-order valence-electron chi connectivity index (χ3n) is 4.49. The molecule has 1 fully saturated rings. The van der Waals surface area contributed by atoms with Crippen LogP contribution < -0.4 is 4.74 Å². The van der Waals surface area contributed by atoms with Crippen LogP contribution in [0.1, 0.15) is 23.7 Å². The number of allylic oxidation sites excluding steroid dienone is 1. The standard InChI is InChI=1S/C21H26N2O5S/c1-3-5-16(18(22-2)8-10-24)21(27)23-9-11-29-14-15(23)13-28-20-7-4-6-19(26)17(20)12-25/h3-7,12,15,24,26H,2,8-11,13-14H2,1H3/b5-3-,18-16+/t15-/m1/s1. The molecule has 1 saturated heterocycles. The highest BCUT2D eigenvalue weighted by Crippen LogP contribution is 2.27. The number of amides is 1. The first-order valence-electron chi connectivity index (χ1n) is 9.29. The normalized spacial score (nSPS) is 17.7. The number of phenols is 1. The van der Waals surface area contributed by atoms with Crippen LogP contribution in [0.4, 0.5) is 0 Å². The van der Waals surface area contributed by atoms with Crippen LogP contribution in [0.25, 0.3) is 0 Å². The van der Waals surface area contributed by atoms with Crippen molar-refractivity contribution in [2.45, 2.75) is 19.4 Å². The van der Waals surface area contributed by atoms with Crippen LogP contribution in [0.15, 0.2) is 46.6 Å². The summed E-state index contributed by atoms with van der Waals surface area (Å²) in [5.74, 6) is 1.42. The Balaban J connectivity index is 2.24. The van der Waals surface area contributed by atoms with Crippen LogP contribution in [0, 0.1) is 0 Å². The molecule has 1 atom stereocenters. The first-order chi connectivity index (χ1) is 14.1. The summed E-state index contributed by atoms with van der Waals surface area (Å²) >= 11 is 1.72. The van der Waals surface area contributed by atoms with Crippen molar-refractivity contribution in [2.75, 3.05) is 31.3 Å². The highest BCUT2D eigenvalue weighted by atomic mass is 32.2. The zero-order valence-corrected chi connectivity index (χ0v) is 17.2. The minimum absolute atomic E-state index is 0.0874. The molecular weight excluding hydrogens is 392 g/mol. The summed E-state index contributed by atoms with van der Waals surface area (Å²) in [5, 5.41) is 19.1. The number of aliphatic imine (C=N–C) groups is 1. The molecule has 1 heterocycles. The first kappa shape index (κ1) is 22.7. The van der Waals surface area contributed by atoms with Crippen molar-refractivity contribution in [3.63, 3.8) is 0 Å². The molecule has 8 heteroatoms. The summed E-state index contributed by atoms with van der Waals surface area (Å²) < 4.78 is 5.79. The minimum Gasteiger partial charge on any atom is -0.507 e. The Hall–Kier alpha value is -2.58. The van der Waals surface area contributed by atoms with Gasteiger partial charge in [0.2, 0.25) is 0 Å². The van der Waals surface area contributed by atoms with Crippen LogP contribution in [0.2, 0.25) is 0 Å². The Labute approximate surface area is 174 Å². The molecular formula is C21H26N2O5S. The minimum atomic E-state index is -0.219. The zero-order valence-electron chi connectivity index (χ0n) is 16.4. The number of rotatable bonds is 9. The Bertz CT molecular complexity index is 806. The Kier molecular flexibility index (Phi) is 8.95. The number of carbonyl (C=O) groups is 2. The summed E-state index contributed by atoms with van der Waals surface area (Å²) in [6, 6.07) is 4.41. The molecule has 29 heavy (non-hydrogen) atoms. The molecule has 0 aliphatic carbocycles. The molecule has 2 rings (SSSR count). The maximum atomic E-state index is 13.2. The summed E-state index contributed by atoms with van der Waals surface area (Å²) in [4.78, 5) is 30.2. The lowest BCUT2D eigenvalue weighted by Gasteiger charge is -2.35. The number of aldehydes is 1. The zero-order chi connectivity index (χ0) is 21.2. The molecule has 0 radical (unpaired) electrons. The number of benzene rings is 1. The van der Waals surface area contributed by atoms with E-state index < -0.39 is 0 Å². The number of nitrogens with zero attached hydrogens (tertiary/aromatic N) is 2. The Morgan fingerprint density at radius 3 is 2.93 bits per heavy atom. The van der Waals surface area contributed by atoms with Crippen molar-refractivity contribution in [1.29, 1.82) is 0 Å². The van der Waals surface area contributed by atoms with Gasteiger partial charge in [0.15, 0.2) is 6.29 Å². The Morgan fingerprint density at radius 1 is 1.48 bits per heavy atom. The smallest absolute Gasteiger partial charge is 0.256 e. The fraction of sp³-hybridized carbons (Fsp3) is 0.381. The number of aliphatic hydroxyl groups excluding tert-OH is 1. The van der Waals surface area contributed by atoms with E-state index in [4.69, 9.17) is 4.74 Å². The average Bonchev–Trinajstić information content (AvgIpc) is 2.74. The lowest BCUT2D eigenvalue weighted by atomic mass is 10.1. The molecule has 7 nitrogen and oxygen atoms in total. The molecule has 1 aromatic carbocycles. The van der Waals surface area contributed by atoms with Gasteiger partial charge >= 0.3 is 0 Å². The maximum absolute atomic E-state index is 13.2. The van der Waals surface area contributed by atoms with E-state index in [9.17, 15) is 19.8 Å². The van der Waals surface area contributed by atoms with Crippen LogP contribution in [-0.4, -0.2) is 71.3 Å². The molecule has 1 aliphatic rings. The third-order valence-corrected chi connectivity index (χ3v) is 5.59. The summed E-state index contributed by atoms with van der Waals surface area (Å²) in [6.45, 7) is 5.93. The molecule has 1 aliphatic heterocycles. The number of carbonyl (C=O) groups excluding carboxylic acids is 2. The van der Waals surface area contributed by atoms with E-state index in [1.165, 1.54) is 6.07 Å². The number of phenolic OH excluding ortho intramolecular Hbond substituents is 1. The maximum Gasteiger partial charge on any atom is 0.256 e. The fourth-order valence-corrected chi connectivity index (χ4v) is 4.08. The van der Waals surface area contributed by atoms with Crippen molar-refractivity contribution in [2.24, 2.45) is 4.99 Å². The molecule has 156 valence electrons. The van der Waals surface area contributed by atoms with Crippen LogP contribution in [-0.2, 0) is 4.79 Å². The van der Waals surface area contributed by atoms with Gasteiger partial charge in [0.25, 0.3) is 5.91 Å². The number of aromatic hydroxyl groups is 1. The second kappa shape index (κ2) is 11.4. The average molecular weight is 419 g/mol. The van der Waals surface area contributed by atoms with E-state index >= 15 is 0 Å². The highest BCUT2D eigenvalue weighted by molar-refractivity contribution is 7.99. The van der Waals surface area contributed by atoms with Crippen molar-refractivity contribution < 1.29 is 24.5 Å². The molecule has 1 aromatic rings. The summed E-state index contributed by atoms with van der Waals surface area (Å²) in [6.07, 6.45) is 4.22. The fourth-order valence-electron chi connectivity index (χ4n) is 3.04. The molecule has 0 bridgehead atoms. The van der Waals surface area contributed by atoms with Crippen molar-refractivity contribution in [3.8, 4) is 11.5 Å². The monoisotopic (exact) mass is 418 g/mol. The van der Waals surface area contributed by atoms with Gasteiger partial charge in [0.1, 0.15) is 18.1 Å². The quantitative estimate of drug-likeness (QED) is 0.277. The van der Waals surface area contributed by atoms with Gasteiger partial charge in [0.05, 0.1) is 22.9 Å². The van der Waals surface area contributed by atoms with Crippen LogP contribution in [0.5, 0.6) is 11.5 Å². The topological polar surface area (TPSA) is 99.4 Å². The number of thioether (sulfide) groups is 1. The third kappa shape index (κ3) is 5.71. The van der Waals surface area contributed by atoms with E-state index in [0.29, 0.717) is 29.9 Å². The van der Waals surface area contributed by atoms with Crippen LogP contribution in [0.3, 0.4) is 0 Å². The van der Waals surface area contributed by atoms with Gasteiger partial charge in [-0.3, -0.25) is 14.6 Å². The number of hydrogen-bond donors (Lipinski definition) is 2. The van der Waals surface area contributed by atoms with Crippen LogP contribution >= 0.6 is 11.8 Å². The van der Waals surface area contributed by atoms with E-state index in [1.54, 1.807) is 40.9 Å². The van der Waals surface area contributed by atoms with E-state index in [2.05, 4.69) is 11.7 Å². The second-order valence-corrected chi connectivity index (χ2v) is 7.49. The first-order valence-corrected chi connectivity index (χ1v) is 10.4. The number of hydrogen-bond acceptors (Lipinski definition) is 7. The van der Waals surface area contributed by atoms with Gasteiger partial charge in [-0.25, -0.2) is 0 Å². The second-order valence-electron chi connectivity index (χ2n) is 6.34. The van der Waals surface area contributed by atoms with Gasteiger partial charge in [-0.05, 0) is 25.8 Å². The number of aliphatic hydroxyl groups is 1. The lowest BCUT2D eigenvalue weighted by molar-refractivity contribution is -0.129. The molecule has 2 N–H and O–H groups in total. The van der Waals surface area contributed by atoms with Gasteiger partial charge in [-0.1, -0.05) is 18.2 Å². The number of ether oxygens (including phenoxy) is 1. The molecule has 0 unspecified atom stereocenters. The summed E-state index contributed by atoms with van der Waals surface area (Å²) in [7, 11) is 0. The SMILES string of the molecule is C=N/C(CCO)=C(\C=C/C)C(=O)N1CCSC[C@H]1COc1cccc(O)c1C=O. The van der Waals surface area contributed by atoms with Crippen molar-refractivity contribution >= 4 is 30.7 Å². The summed E-state index contributed by atoms with van der Waals surface area (Å²) in [5.41, 5.74) is 0.938. The van der Waals surface area contributed by atoms with Gasteiger partial charge in [-0.2, -0.15) is 11.8 Å². The predicted molar refractivity (Wildman–Crippen MR) is 115 cm³/mol. The predicted octanol–water partition coefficient (Wildman–Crippen LogP) is 2.44. The van der Waals surface area contributed by atoms with Gasteiger partial charge < -0.3 is 19.8 Å². The highest BCUT2D eigenvalue weighted by Gasteiger charge is 2.30. The molecule has 1 amide bonds. The van der Waals surface area contributed by atoms with Gasteiger partial charge in [-0.15, -0.1) is 0 Å². The van der Waals surface area contributed by atoms with E-state index in [1.807, 2.05) is 6.92 Å². The van der Waals surface area contributed by atoms with Crippen molar-refractivity contribution in [1.82, 2.24) is 4.90 Å². The Morgan fingerprint density at radius 2 is 2.28 bits per heavy atom. The van der Waals surface area contributed by atoms with Crippen molar-refractivity contribution in [3.05, 3.63) is 47.2 Å². The lowest BCUT2D eigenvalue weighted by Crippen LogP contribution is -2.49. The largest absolute Gasteiger partial charge is 0.507 e. The van der Waals surface area contributed by atoms with E-state index in [-0.39, 0.29) is 48.6 Å². The molecule has 0 spiro atoms.